The third kappa shape index (κ3) is 3.50. The van der Waals surface area contributed by atoms with Crippen LogP contribution in [0.4, 0.5) is 5.69 Å². The molecule has 23 heavy (non-hydrogen) atoms. The molecule has 120 valence electrons. The molecule has 0 saturated heterocycles. The van der Waals surface area contributed by atoms with Gasteiger partial charge in [0.25, 0.3) is 0 Å². The van der Waals surface area contributed by atoms with E-state index in [1.165, 1.54) is 6.92 Å². The van der Waals surface area contributed by atoms with Gasteiger partial charge >= 0.3 is 0 Å². The summed E-state index contributed by atoms with van der Waals surface area (Å²) in [5.74, 6) is -0.105. The summed E-state index contributed by atoms with van der Waals surface area (Å²) >= 11 is 0. The lowest BCUT2D eigenvalue weighted by molar-refractivity contribution is -0.126. The van der Waals surface area contributed by atoms with Crippen LogP contribution in [0.2, 0.25) is 0 Å². The summed E-state index contributed by atoms with van der Waals surface area (Å²) in [5, 5.41) is 6.70. The Morgan fingerprint density at radius 1 is 1.17 bits per heavy atom. The van der Waals surface area contributed by atoms with Crippen molar-refractivity contribution < 1.29 is 9.59 Å². The van der Waals surface area contributed by atoms with Crippen LogP contribution in [0.5, 0.6) is 0 Å². The molecule has 1 saturated carbocycles. The molecule has 0 radical (unpaired) electrons. The first-order valence-electron chi connectivity index (χ1n) is 8.07. The summed E-state index contributed by atoms with van der Waals surface area (Å²) in [6.45, 7) is 1.46. The van der Waals surface area contributed by atoms with Gasteiger partial charge in [0.15, 0.2) is 0 Å². The fourth-order valence-corrected chi connectivity index (χ4v) is 3.33. The molecule has 1 aliphatic rings. The number of anilines is 1. The second-order valence-electron chi connectivity index (χ2n) is 6.09. The van der Waals surface area contributed by atoms with Crippen LogP contribution in [-0.2, 0) is 9.59 Å². The van der Waals surface area contributed by atoms with Crippen LogP contribution < -0.4 is 10.6 Å². The quantitative estimate of drug-likeness (QED) is 0.912. The summed E-state index contributed by atoms with van der Waals surface area (Å²) in [7, 11) is 0. The van der Waals surface area contributed by atoms with Crippen molar-refractivity contribution in [1.82, 2.24) is 10.3 Å². The van der Waals surface area contributed by atoms with E-state index in [2.05, 4.69) is 15.6 Å². The van der Waals surface area contributed by atoms with E-state index in [-0.39, 0.29) is 17.7 Å². The van der Waals surface area contributed by atoms with Gasteiger partial charge in [-0.1, -0.05) is 18.9 Å². The van der Waals surface area contributed by atoms with Gasteiger partial charge < -0.3 is 10.6 Å². The second-order valence-corrected chi connectivity index (χ2v) is 6.09. The highest BCUT2D eigenvalue weighted by Gasteiger charge is 2.31. The molecule has 0 aliphatic heterocycles. The van der Waals surface area contributed by atoms with Gasteiger partial charge in [-0.15, -0.1) is 0 Å². The van der Waals surface area contributed by atoms with E-state index >= 15 is 0 Å². The van der Waals surface area contributed by atoms with Gasteiger partial charge in [-0.2, -0.15) is 0 Å². The Morgan fingerprint density at radius 2 is 1.96 bits per heavy atom. The number of hydrogen-bond acceptors (Lipinski definition) is 3. The molecule has 2 amide bonds. The number of nitrogens with one attached hydrogen (secondary N) is 2. The highest BCUT2D eigenvalue weighted by atomic mass is 16.2. The highest BCUT2D eigenvalue weighted by molar-refractivity contribution is 6.03. The Balaban J connectivity index is 1.83. The maximum atomic E-state index is 12.7. The number of fused-ring (bicyclic) bond motifs is 1. The standard InChI is InChI=1S/C18H21N3O2/c1-12(22)20-17(13-6-2-3-7-13)18(23)21-16-10-4-9-15-14(16)8-5-11-19-15/h4-5,8-11,13,17H,2-3,6-7H2,1H3,(H,20,22)(H,21,23). The first-order valence-corrected chi connectivity index (χ1v) is 8.07. The zero-order valence-corrected chi connectivity index (χ0v) is 13.2. The van der Waals surface area contributed by atoms with Gasteiger partial charge in [-0.25, -0.2) is 0 Å². The van der Waals surface area contributed by atoms with Crippen LogP contribution in [-0.4, -0.2) is 22.8 Å². The fraction of sp³-hybridized carbons (Fsp3) is 0.389. The maximum absolute atomic E-state index is 12.7. The Morgan fingerprint density at radius 3 is 2.70 bits per heavy atom. The minimum Gasteiger partial charge on any atom is -0.344 e. The van der Waals surface area contributed by atoms with E-state index in [9.17, 15) is 9.59 Å². The molecule has 1 aromatic heterocycles. The van der Waals surface area contributed by atoms with Gasteiger partial charge in [0.05, 0.1) is 11.2 Å². The number of carbonyl (C=O) groups is 2. The van der Waals surface area contributed by atoms with E-state index < -0.39 is 6.04 Å². The predicted molar refractivity (Wildman–Crippen MR) is 89.9 cm³/mol. The summed E-state index contributed by atoms with van der Waals surface area (Å²) in [6.07, 6.45) is 5.93. The van der Waals surface area contributed by atoms with E-state index in [4.69, 9.17) is 0 Å². The van der Waals surface area contributed by atoms with Crippen molar-refractivity contribution in [2.75, 3.05) is 5.32 Å². The normalized spacial score (nSPS) is 16.2. The molecule has 0 bridgehead atoms. The largest absolute Gasteiger partial charge is 0.344 e. The number of rotatable bonds is 4. The number of pyridine rings is 1. The van der Waals surface area contributed by atoms with Crippen molar-refractivity contribution in [1.29, 1.82) is 0 Å². The van der Waals surface area contributed by atoms with Crippen LogP contribution in [0.1, 0.15) is 32.6 Å². The number of aromatic nitrogens is 1. The van der Waals surface area contributed by atoms with Gasteiger partial charge in [-0.05, 0) is 43.0 Å². The molecule has 3 rings (SSSR count). The predicted octanol–water partition coefficient (Wildman–Crippen LogP) is 2.87. The molecule has 1 aromatic carbocycles. The average molecular weight is 311 g/mol. The molecule has 0 spiro atoms. The van der Waals surface area contributed by atoms with Gasteiger partial charge in [0.1, 0.15) is 6.04 Å². The van der Waals surface area contributed by atoms with Crippen molar-refractivity contribution in [3.8, 4) is 0 Å². The lowest BCUT2D eigenvalue weighted by atomic mass is 9.97. The van der Waals surface area contributed by atoms with Crippen molar-refractivity contribution in [2.24, 2.45) is 5.92 Å². The molecule has 1 heterocycles. The number of carbonyl (C=O) groups excluding carboxylic acids is 2. The molecule has 1 atom stereocenters. The summed E-state index contributed by atoms with van der Waals surface area (Å²) in [5.41, 5.74) is 1.57. The van der Waals surface area contributed by atoms with Crippen molar-refractivity contribution in [3.05, 3.63) is 36.5 Å². The minimum absolute atomic E-state index is 0.150. The molecule has 5 nitrogen and oxygen atoms in total. The molecule has 2 N–H and O–H groups in total. The molecule has 1 fully saturated rings. The van der Waals surface area contributed by atoms with Crippen molar-refractivity contribution in [3.63, 3.8) is 0 Å². The van der Waals surface area contributed by atoms with Crippen molar-refractivity contribution in [2.45, 2.75) is 38.6 Å². The molecular formula is C18H21N3O2. The lowest BCUT2D eigenvalue weighted by Crippen LogP contribution is -2.47. The Labute approximate surface area is 135 Å². The summed E-state index contributed by atoms with van der Waals surface area (Å²) in [6, 6.07) is 8.95. The molecule has 1 aliphatic carbocycles. The highest BCUT2D eigenvalue weighted by Crippen LogP contribution is 2.29. The summed E-state index contributed by atoms with van der Waals surface area (Å²) in [4.78, 5) is 28.5. The monoisotopic (exact) mass is 311 g/mol. The van der Waals surface area contributed by atoms with Crippen LogP contribution in [0.15, 0.2) is 36.5 Å². The van der Waals surface area contributed by atoms with Crippen molar-refractivity contribution >= 4 is 28.4 Å². The van der Waals surface area contributed by atoms with E-state index in [0.717, 1.165) is 42.3 Å². The zero-order valence-electron chi connectivity index (χ0n) is 13.2. The molecule has 1 unspecified atom stereocenters. The number of benzene rings is 1. The third-order valence-electron chi connectivity index (χ3n) is 4.42. The SMILES string of the molecule is CC(=O)NC(C(=O)Nc1cccc2ncccc12)C1CCCC1. The smallest absolute Gasteiger partial charge is 0.247 e. The molecular weight excluding hydrogens is 290 g/mol. The number of hydrogen-bond donors (Lipinski definition) is 2. The van der Waals surface area contributed by atoms with E-state index in [1.54, 1.807) is 6.20 Å². The van der Waals surface area contributed by atoms with E-state index in [1.807, 2.05) is 30.3 Å². The number of nitrogens with zero attached hydrogens (tertiary/aromatic N) is 1. The third-order valence-corrected chi connectivity index (χ3v) is 4.42. The second kappa shape index (κ2) is 6.77. The lowest BCUT2D eigenvalue weighted by Gasteiger charge is -2.23. The van der Waals surface area contributed by atoms with Crippen LogP contribution in [0.3, 0.4) is 0 Å². The first kappa shape index (κ1) is 15.5. The topological polar surface area (TPSA) is 71.1 Å². The average Bonchev–Trinajstić information content (AvgIpc) is 3.07. The zero-order chi connectivity index (χ0) is 16.2. The van der Waals surface area contributed by atoms with Gasteiger partial charge in [-0.3, -0.25) is 14.6 Å². The maximum Gasteiger partial charge on any atom is 0.247 e. The van der Waals surface area contributed by atoms with Crippen LogP contribution in [0, 0.1) is 5.92 Å². The minimum atomic E-state index is -0.470. The molecule has 5 heteroatoms. The van der Waals surface area contributed by atoms with Crippen LogP contribution in [0.25, 0.3) is 10.9 Å². The van der Waals surface area contributed by atoms with Gasteiger partial charge in [0.2, 0.25) is 11.8 Å². The Hall–Kier alpha value is -2.43. The Kier molecular flexibility index (Phi) is 4.55. The van der Waals surface area contributed by atoms with Gasteiger partial charge in [0, 0.05) is 18.5 Å². The van der Waals surface area contributed by atoms with Crippen LogP contribution >= 0.6 is 0 Å². The Bertz CT molecular complexity index is 718. The van der Waals surface area contributed by atoms with E-state index in [0.29, 0.717) is 0 Å². The number of amides is 2. The summed E-state index contributed by atoms with van der Waals surface area (Å²) < 4.78 is 0. The first-order chi connectivity index (χ1) is 11.1. The fourth-order valence-electron chi connectivity index (χ4n) is 3.33. The molecule has 2 aromatic rings.